The average molecular weight is 387 g/mol. The summed E-state index contributed by atoms with van der Waals surface area (Å²) < 4.78 is 30.6. The van der Waals surface area contributed by atoms with Crippen molar-refractivity contribution in [2.45, 2.75) is 6.42 Å². The molecule has 0 radical (unpaired) electrons. The van der Waals surface area contributed by atoms with Gasteiger partial charge in [0.05, 0.1) is 19.4 Å². The number of aromatic amines is 1. The Morgan fingerprint density at radius 3 is 2.89 bits per heavy atom. The van der Waals surface area contributed by atoms with Crippen molar-refractivity contribution in [3.05, 3.63) is 47.3 Å². The number of carbonyl (C=O) groups excluding carboxylic acids is 2. The summed E-state index contributed by atoms with van der Waals surface area (Å²) in [4.78, 5) is 28.2. The van der Waals surface area contributed by atoms with Crippen LogP contribution in [0.5, 0.6) is 5.75 Å². The molecule has 2 aliphatic heterocycles. The molecule has 0 atom stereocenters. The largest absolute Gasteiger partial charge is 0.493 e. The van der Waals surface area contributed by atoms with Gasteiger partial charge in [-0.2, -0.15) is 0 Å². The first-order valence-electron chi connectivity index (χ1n) is 8.31. The Balaban J connectivity index is 1.96. The Labute approximate surface area is 155 Å². The zero-order valence-corrected chi connectivity index (χ0v) is 15.3. The number of rotatable bonds is 3. The summed E-state index contributed by atoms with van der Waals surface area (Å²) in [7, 11) is -3.76. The van der Waals surface area contributed by atoms with Crippen LogP contribution in [0.1, 0.15) is 21.6 Å². The second-order valence-electron chi connectivity index (χ2n) is 6.43. The van der Waals surface area contributed by atoms with E-state index in [1.165, 1.54) is 0 Å². The highest BCUT2D eigenvalue weighted by atomic mass is 32.2. The number of Topliss-reactive ketones (excluding diaryl/α,β-unsaturated/α-hetero) is 1. The summed E-state index contributed by atoms with van der Waals surface area (Å²) in [5.74, 6) is -0.330. The van der Waals surface area contributed by atoms with E-state index in [0.29, 0.717) is 34.4 Å². The molecule has 2 aromatic rings. The van der Waals surface area contributed by atoms with Crippen LogP contribution in [0.3, 0.4) is 0 Å². The predicted octanol–water partition coefficient (Wildman–Crippen LogP) is 0.862. The maximum absolute atomic E-state index is 12.6. The Morgan fingerprint density at radius 2 is 2.11 bits per heavy atom. The molecule has 140 valence electrons. The number of hydrogen-bond donors (Lipinski definition) is 3. The van der Waals surface area contributed by atoms with Gasteiger partial charge in [-0.1, -0.05) is 0 Å². The molecule has 0 unspecified atom stereocenters. The first kappa shape index (κ1) is 17.3. The van der Waals surface area contributed by atoms with Gasteiger partial charge in [0.15, 0.2) is 5.78 Å². The van der Waals surface area contributed by atoms with Crippen molar-refractivity contribution >= 4 is 38.2 Å². The van der Waals surface area contributed by atoms with Crippen LogP contribution in [0.15, 0.2) is 30.5 Å². The molecule has 1 amide bonds. The zero-order chi connectivity index (χ0) is 19.2. The fourth-order valence-electron chi connectivity index (χ4n) is 3.31. The van der Waals surface area contributed by atoms with Crippen molar-refractivity contribution in [1.29, 1.82) is 0 Å². The molecule has 3 heterocycles. The Bertz CT molecular complexity index is 1140. The standard InChI is InChI=1S/C18H17N3O5S/c1-27(24,25)21-18(23)17-16(11-3-2-5-19-9-14(11)22)12-8-15-10(4-6-26-15)7-13(12)20-17/h2-3,5,7-8,19-20H,4,6,9H2,1H3,(H,21,23). The third-order valence-corrected chi connectivity index (χ3v) is 4.98. The van der Waals surface area contributed by atoms with Crippen molar-refractivity contribution in [3.63, 3.8) is 0 Å². The number of nitrogens with one attached hydrogen (secondary N) is 3. The summed E-state index contributed by atoms with van der Waals surface area (Å²) in [5, 5.41) is 3.48. The molecule has 2 aliphatic rings. The molecule has 9 heteroatoms. The van der Waals surface area contributed by atoms with E-state index < -0.39 is 15.9 Å². The van der Waals surface area contributed by atoms with Crippen LogP contribution in [0.4, 0.5) is 0 Å². The average Bonchev–Trinajstić information content (AvgIpc) is 3.12. The molecule has 0 spiro atoms. The van der Waals surface area contributed by atoms with Crippen LogP contribution in [0.25, 0.3) is 16.5 Å². The summed E-state index contributed by atoms with van der Waals surface area (Å²) in [6.45, 7) is 0.649. The van der Waals surface area contributed by atoms with E-state index >= 15 is 0 Å². The van der Waals surface area contributed by atoms with Gasteiger partial charge in [-0.3, -0.25) is 9.59 Å². The van der Waals surface area contributed by atoms with E-state index in [9.17, 15) is 18.0 Å². The van der Waals surface area contributed by atoms with Gasteiger partial charge >= 0.3 is 0 Å². The lowest BCUT2D eigenvalue weighted by Gasteiger charge is -2.08. The molecule has 3 N–H and O–H groups in total. The fraction of sp³-hybridized carbons (Fsp3) is 0.222. The van der Waals surface area contributed by atoms with Gasteiger partial charge in [0.2, 0.25) is 10.0 Å². The van der Waals surface area contributed by atoms with Crippen LogP contribution >= 0.6 is 0 Å². The number of aromatic nitrogens is 1. The number of fused-ring (bicyclic) bond motifs is 2. The zero-order valence-electron chi connectivity index (χ0n) is 14.5. The quantitative estimate of drug-likeness (QED) is 0.719. The molecule has 0 saturated heterocycles. The maximum Gasteiger partial charge on any atom is 0.281 e. The van der Waals surface area contributed by atoms with Crippen LogP contribution in [0.2, 0.25) is 0 Å². The van der Waals surface area contributed by atoms with Crippen molar-refractivity contribution in [1.82, 2.24) is 15.0 Å². The maximum atomic E-state index is 12.6. The second kappa shape index (κ2) is 6.27. The van der Waals surface area contributed by atoms with Gasteiger partial charge in [-0.25, -0.2) is 13.1 Å². The van der Waals surface area contributed by atoms with Gasteiger partial charge in [0.1, 0.15) is 11.4 Å². The predicted molar refractivity (Wildman–Crippen MR) is 99.9 cm³/mol. The molecule has 4 rings (SSSR count). The summed E-state index contributed by atoms with van der Waals surface area (Å²) in [6.07, 6.45) is 6.56. The highest BCUT2D eigenvalue weighted by Crippen LogP contribution is 2.36. The lowest BCUT2D eigenvalue weighted by Crippen LogP contribution is -2.30. The number of amides is 1. The molecular weight excluding hydrogens is 370 g/mol. The third kappa shape index (κ3) is 3.21. The minimum Gasteiger partial charge on any atom is -0.493 e. The summed E-state index contributed by atoms with van der Waals surface area (Å²) >= 11 is 0. The summed E-state index contributed by atoms with van der Waals surface area (Å²) in [6, 6.07) is 3.66. The first-order valence-corrected chi connectivity index (χ1v) is 10.2. The van der Waals surface area contributed by atoms with Crippen molar-refractivity contribution in [3.8, 4) is 5.75 Å². The van der Waals surface area contributed by atoms with Crippen molar-refractivity contribution in [2.75, 3.05) is 19.4 Å². The normalized spacial score (nSPS) is 16.3. The molecule has 0 bridgehead atoms. The molecular formula is C18H17N3O5S. The number of carbonyl (C=O) groups is 2. The molecule has 1 aromatic carbocycles. The van der Waals surface area contributed by atoms with Gasteiger partial charge in [0, 0.05) is 28.5 Å². The van der Waals surface area contributed by atoms with Gasteiger partial charge in [-0.15, -0.1) is 0 Å². The first-order chi connectivity index (χ1) is 12.8. The van der Waals surface area contributed by atoms with E-state index in [1.54, 1.807) is 24.4 Å². The van der Waals surface area contributed by atoms with Crippen LogP contribution in [0, 0.1) is 0 Å². The monoisotopic (exact) mass is 387 g/mol. The van der Waals surface area contributed by atoms with Crippen LogP contribution < -0.4 is 14.8 Å². The van der Waals surface area contributed by atoms with E-state index in [0.717, 1.165) is 18.2 Å². The number of ether oxygens (including phenoxy) is 1. The van der Waals surface area contributed by atoms with E-state index in [4.69, 9.17) is 4.74 Å². The van der Waals surface area contributed by atoms with Crippen LogP contribution in [-0.4, -0.2) is 44.5 Å². The third-order valence-electron chi connectivity index (χ3n) is 4.42. The summed E-state index contributed by atoms with van der Waals surface area (Å²) in [5.41, 5.74) is 2.34. The molecule has 27 heavy (non-hydrogen) atoms. The van der Waals surface area contributed by atoms with E-state index in [2.05, 4.69) is 10.3 Å². The van der Waals surface area contributed by atoms with E-state index in [-0.39, 0.29) is 18.0 Å². The lowest BCUT2D eigenvalue weighted by molar-refractivity contribution is -0.112. The Hall–Kier alpha value is -3.07. The molecule has 1 aromatic heterocycles. The van der Waals surface area contributed by atoms with Crippen molar-refractivity contribution in [2.24, 2.45) is 0 Å². The SMILES string of the molecule is CS(=O)(=O)NC(=O)c1[nH]c2cc3c(cc2c1C1=CC=CNCC1=O)OCC3. The van der Waals surface area contributed by atoms with Crippen LogP contribution in [-0.2, 0) is 21.2 Å². The molecule has 0 aliphatic carbocycles. The smallest absolute Gasteiger partial charge is 0.281 e. The minimum absolute atomic E-state index is 0.0222. The highest BCUT2D eigenvalue weighted by Gasteiger charge is 2.27. The van der Waals surface area contributed by atoms with Gasteiger partial charge in [0.25, 0.3) is 5.91 Å². The number of sulfonamides is 1. The highest BCUT2D eigenvalue weighted by molar-refractivity contribution is 7.89. The molecule has 0 fully saturated rings. The number of benzene rings is 1. The Morgan fingerprint density at radius 1 is 1.30 bits per heavy atom. The topological polar surface area (TPSA) is 117 Å². The number of allylic oxidation sites excluding steroid dienone is 2. The Kier molecular flexibility index (Phi) is 4.03. The number of H-pyrrole nitrogens is 1. The van der Waals surface area contributed by atoms with E-state index in [1.807, 2.05) is 10.8 Å². The molecule has 0 saturated carbocycles. The van der Waals surface area contributed by atoms with Gasteiger partial charge < -0.3 is 15.0 Å². The minimum atomic E-state index is -3.76. The number of hydrogen-bond acceptors (Lipinski definition) is 6. The fourth-order valence-corrected chi connectivity index (χ4v) is 3.75. The lowest BCUT2D eigenvalue weighted by atomic mass is 9.96. The second-order valence-corrected chi connectivity index (χ2v) is 8.17. The van der Waals surface area contributed by atoms with Gasteiger partial charge in [-0.05, 0) is 36.0 Å². The van der Waals surface area contributed by atoms with Crippen molar-refractivity contribution < 1.29 is 22.7 Å². The molecule has 8 nitrogen and oxygen atoms in total. The number of ketones is 1.